The van der Waals surface area contributed by atoms with Crippen LogP contribution in [0.3, 0.4) is 0 Å². The Balaban J connectivity index is 1.79. The minimum atomic E-state index is -5.04. The standard InChI is InChI=1S/C23H22F3N3O6S2/c1-11-9-36-18(29-11)12-3-4-15(14(5-12)23(24,25)26)37(33,34)13-6-17(35-2)22(7-13,20(31)32)16-8-21(16,10-27)19(28)30/h3-5,9,13,16-17H,6-8H2,1-2H3,(H2,28,30)(H,31,32)/t13-,16?,17+,21?,22+/m0/s1. The van der Waals surface area contributed by atoms with Crippen LogP contribution in [0.2, 0.25) is 0 Å². The van der Waals surface area contributed by atoms with Crippen molar-refractivity contribution in [2.75, 3.05) is 7.11 Å². The number of aryl methyl sites for hydroxylation is 1. The molecule has 3 N–H and O–H groups in total. The molecule has 0 saturated heterocycles. The van der Waals surface area contributed by atoms with Gasteiger partial charge in [-0.05, 0) is 38.3 Å². The molecule has 2 unspecified atom stereocenters. The van der Waals surface area contributed by atoms with Gasteiger partial charge in [0, 0.05) is 29.7 Å². The maximum absolute atomic E-state index is 14.1. The highest BCUT2D eigenvalue weighted by Crippen LogP contribution is 2.66. The molecular weight excluding hydrogens is 535 g/mol. The fourth-order valence-corrected chi connectivity index (χ4v) is 8.27. The molecule has 2 saturated carbocycles. The molecule has 1 aromatic carbocycles. The molecule has 0 aliphatic heterocycles. The number of sulfone groups is 1. The van der Waals surface area contributed by atoms with Crippen molar-refractivity contribution in [2.24, 2.45) is 22.5 Å². The Morgan fingerprint density at radius 2 is 2.00 bits per heavy atom. The molecule has 14 heteroatoms. The summed E-state index contributed by atoms with van der Waals surface area (Å²) in [6.45, 7) is 1.67. The second-order valence-electron chi connectivity index (χ2n) is 9.38. The molecule has 2 fully saturated rings. The van der Waals surface area contributed by atoms with Crippen LogP contribution in [-0.4, -0.2) is 48.8 Å². The first-order chi connectivity index (χ1) is 17.1. The number of nitrogens with zero attached hydrogens (tertiary/aromatic N) is 2. The van der Waals surface area contributed by atoms with Gasteiger partial charge in [0.15, 0.2) is 9.84 Å². The normalized spacial score (nSPS) is 29.6. The van der Waals surface area contributed by atoms with Crippen LogP contribution in [-0.2, 0) is 30.3 Å². The third-order valence-electron chi connectivity index (χ3n) is 7.42. The number of amides is 1. The summed E-state index contributed by atoms with van der Waals surface area (Å²) in [5, 5.41) is 20.0. The lowest BCUT2D eigenvalue weighted by molar-refractivity contribution is -0.159. The number of aliphatic carboxylic acids is 1. The number of thiazole rings is 1. The van der Waals surface area contributed by atoms with E-state index in [4.69, 9.17) is 10.5 Å². The third kappa shape index (κ3) is 4.09. The number of hydrogen-bond acceptors (Lipinski definition) is 8. The summed E-state index contributed by atoms with van der Waals surface area (Å²) in [4.78, 5) is 27.6. The fraction of sp³-hybridized carbons (Fsp3) is 0.478. The molecule has 4 rings (SSSR count). The van der Waals surface area contributed by atoms with Gasteiger partial charge in [0.25, 0.3) is 0 Å². The minimum absolute atomic E-state index is 0.0868. The van der Waals surface area contributed by atoms with Crippen molar-refractivity contribution in [1.82, 2.24) is 4.98 Å². The lowest BCUT2D eigenvalue weighted by atomic mass is 9.75. The molecule has 1 aromatic heterocycles. The van der Waals surface area contributed by atoms with Gasteiger partial charge in [-0.2, -0.15) is 18.4 Å². The van der Waals surface area contributed by atoms with Gasteiger partial charge in [-0.1, -0.05) is 6.07 Å². The molecule has 1 amide bonds. The number of methoxy groups -OCH3 is 1. The predicted molar refractivity (Wildman–Crippen MR) is 124 cm³/mol. The van der Waals surface area contributed by atoms with Crippen molar-refractivity contribution < 1.29 is 41.0 Å². The molecule has 0 bridgehead atoms. The van der Waals surface area contributed by atoms with E-state index in [0.29, 0.717) is 11.8 Å². The van der Waals surface area contributed by atoms with Crippen LogP contribution in [0.15, 0.2) is 28.5 Å². The van der Waals surface area contributed by atoms with Crippen molar-refractivity contribution in [1.29, 1.82) is 5.26 Å². The van der Waals surface area contributed by atoms with Crippen molar-refractivity contribution in [3.05, 3.63) is 34.8 Å². The average Bonchev–Trinajstić information content (AvgIpc) is 3.21. The van der Waals surface area contributed by atoms with Crippen molar-refractivity contribution in [3.8, 4) is 16.6 Å². The lowest BCUT2D eigenvalue weighted by Gasteiger charge is -2.31. The zero-order valence-electron chi connectivity index (χ0n) is 19.6. The van der Waals surface area contributed by atoms with Gasteiger partial charge in [-0.3, -0.25) is 9.59 Å². The number of nitriles is 1. The number of primary amides is 1. The number of benzene rings is 1. The first kappa shape index (κ1) is 27.0. The van der Waals surface area contributed by atoms with Crippen molar-refractivity contribution >= 4 is 33.1 Å². The van der Waals surface area contributed by atoms with Crippen LogP contribution in [0.25, 0.3) is 10.6 Å². The van der Waals surface area contributed by atoms with Crippen LogP contribution in [0, 0.1) is 35.0 Å². The second kappa shape index (κ2) is 8.78. The largest absolute Gasteiger partial charge is 0.481 e. The highest BCUT2D eigenvalue weighted by atomic mass is 32.2. The average molecular weight is 558 g/mol. The molecule has 37 heavy (non-hydrogen) atoms. The number of nitrogens with two attached hydrogens (primary N) is 1. The number of halogens is 3. The van der Waals surface area contributed by atoms with Gasteiger partial charge >= 0.3 is 12.1 Å². The predicted octanol–water partition coefficient (Wildman–Crippen LogP) is 3.17. The van der Waals surface area contributed by atoms with E-state index in [2.05, 4.69) is 4.98 Å². The number of carboxylic acids is 1. The van der Waals surface area contributed by atoms with Crippen LogP contribution in [0.1, 0.15) is 30.5 Å². The molecule has 5 atom stereocenters. The number of ether oxygens (including phenoxy) is 1. The number of aromatic nitrogens is 1. The SMILES string of the molecule is CO[C@@H]1C[C@H](S(=O)(=O)c2ccc(-c3nc(C)cs3)cc2C(F)(F)F)C[C@@]1(C(=O)O)C1CC1(C#N)C(N)=O. The van der Waals surface area contributed by atoms with Gasteiger partial charge in [0.1, 0.15) is 15.8 Å². The summed E-state index contributed by atoms with van der Waals surface area (Å²) in [5.74, 6) is -3.71. The summed E-state index contributed by atoms with van der Waals surface area (Å²) < 4.78 is 74.8. The zero-order chi connectivity index (χ0) is 27.6. The number of alkyl halides is 3. The van der Waals surface area contributed by atoms with Crippen LogP contribution in [0.5, 0.6) is 0 Å². The Morgan fingerprint density at radius 1 is 1.32 bits per heavy atom. The summed E-state index contributed by atoms with van der Waals surface area (Å²) in [5.41, 5.74) is 0.807. The molecular formula is C23H22F3N3O6S2. The van der Waals surface area contributed by atoms with E-state index in [1.165, 1.54) is 6.07 Å². The number of hydrogen-bond donors (Lipinski definition) is 2. The number of carboxylic acid groups (broad SMARTS) is 1. The van der Waals surface area contributed by atoms with E-state index < -0.39 is 79.3 Å². The van der Waals surface area contributed by atoms with E-state index in [-0.39, 0.29) is 17.0 Å². The summed E-state index contributed by atoms with van der Waals surface area (Å²) in [7, 11) is -3.60. The van der Waals surface area contributed by atoms with E-state index >= 15 is 0 Å². The van der Waals surface area contributed by atoms with E-state index in [9.17, 15) is 41.5 Å². The molecule has 0 spiro atoms. The molecule has 2 aromatic rings. The van der Waals surface area contributed by atoms with Gasteiger partial charge in [0.2, 0.25) is 5.91 Å². The molecule has 2 aliphatic carbocycles. The van der Waals surface area contributed by atoms with Gasteiger partial charge in [0.05, 0.1) is 27.9 Å². The second-order valence-corrected chi connectivity index (χ2v) is 12.4. The van der Waals surface area contributed by atoms with E-state index in [1.54, 1.807) is 18.4 Å². The Kier molecular flexibility index (Phi) is 6.41. The first-order valence-electron chi connectivity index (χ1n) is 11.0. The van der Waals surface area contributed by atoms with Gasteiger partial charge in [-0.25, -0.2) is 13.4 Å². The highest BCUT2D eigenvalue weighted by Gasteiger charge is 2.75. The number of carbonyl (C=O) groups excluding carboxylic acids is 1. The van der Waals surface area contributed by atoms with Crippen molar-refractivity contribution in [3.63, 3.8) is 0 Å². The first-order valence-corrected chi connectivity index (χ1v) is 13.4. The fourth-order valence-electron chi connectivity index (χ4n) is 5.46. The van der Waals surface area contributed by atoms with Crippen LogP contribution in [0.4, 0.5) is 13.2 Å². The van der Waals surface area contributed by atoms with Crippen LogP contribution < -0.4 is 5.73 Å². The summed E-state index contributed by atoms with van der Waals surface area (Å²) in [6.07, 6.45) is -7.61. The lowest BCUT2D eigenvalue weighted by Crippen LogP contribution is -2.44. The molecule has 1 heterocycles. The third-order valence-corrected chi connectivity index (χ3v) is 10.6. The Bertz CT molecular complexity index is 1430. The molecule has 198 valence electrons. The Labute approximate surface area is 214 Å². The maximum Gasteiger partial charge on any atom is 0.417 e. The van der Waals surface area contributed by atoms with Crippen molar-refractivity contribution in [2.45, 2.75) is 48.6 Å². The summed E-state index contributed by atoms with van der Waals surface area (Å²) >= 11 is 1.11. The molecule has 0 radical (unpaired) electrons. The summed E-state index contributed by atoms with van der Waals surface area (Å²) in [6, 6.07) is 4.54. The van der Waals surface area contributed by atoms with Gasteiger partial charge in [-0.15, -0.1) is 11.3 Å². The Morgan fingerprint density at radius 3 is 2.46 bits per heavy atom. The van der Waals surface area contributed by atoms with Crippen LogP contribution >= 0.6 is 11.3 Å². The topological polar surface area (TPSA) is 160 Å². The highest BCUT2D eigenvalue weighted by molar-refractivity contribution is 7.92. The maximum atomic E-state index is 14.1. The number of carbonyl (C=O) groups is 2. The quantitative estimate of drug-likeness (QED) is 0.525. The number of rotatable bonds is 7. The van der Waals surface area contributed by atoms with E-state index in [1.807, 2.05) is 0 Å². The monoisotopic (exact) mass is 557 g/mol. The minimum Gasteiger partial charge on any atom is -0.481 e. The van der Waals surface area contributed by atoms with E-state index in [0.717, 1.165) is 24.5 Å². The smallest absolute Gasteiger partial charge is 0.417 e. The zero-order valence-corrected chi connectivity index (χ0v) is 21.2. The van der Waals surface area contributed by atoms with Gasteiger partial charge < -0.3 is 15.6 Å². The molecule has 2 aliphatic rings. The molecule has 9 nitrogen and oxygen atoms in total. The Hall–Kier alpha value is -3.02.